The van der Waals surface area contributed by atoms with Crippen molar-refractivity contribution < 1.29 is 4.79 Å². The minimum atomic E-state index is -0.00759. The first-order valence-corrected chi connectivity index (χ1v) is 8.53. The molecule has 5 heteroatoms. The van der Waals surface area contributed by atoms with E-state index in [1.54, 1.807) is 22.7 Å². The van der Waals surface area contributed by atoms with E-state index in [1.165, 1.54) is 4.88 Å². The van der Waals surface area contributed by atoms with Crippen LogP contribution < -0.4 is 5.32 Å². The lowest BCUT2D eigenvalue weighted by atomic mass is 10.2. The maximum absolute atomic E-state index is 12.2. The van der Waals surface area contributed by atoms with Crippen LogP contribution in [0.25, 0.3) is 6.08 Å². The first-order chi connectivity index (χ1) is 10.1. The summed E-state index contributed by atoms with van der Waals surface area (Å²) in [6.45, 7) is 2.47. The normalized spacial score (nSPS) is 13.4. The van der Waals surface area contributed by atoms with Gasteiger partial charge >= 0.3 is 0 Å². The highest BCUT2D eigenvalue weighted by Gasteiger charge is 2.16. The Bertz CT molecular complexity index is 586. The standard InChI is InChI=1S/C16H20N2OS2/c1-12(10-13-6-4-8-20-13)16(19)17-11-14(18(2)3)15-7-5-9-21-15/h4-10,14H,11H2,1-3H3,(H,17,19)/b12-10+. The summed E-state index contributed by atoms with van der Waals surface area (Å²) in [7, 11) is 4.07. The minimum Gasteiger partial charge on any atom is -0.350 e. The molecule has 1 unspecified atom stereocenters. The average molecular weight is 320 g/mol. The van der Waals surface area contributed by atoms with Gasteiger partial charge in [-0.25, -0.2) is 0 Å². The van der Waals surface area contributed by atoms with Crippen molar-refractivity contribution in [1.82, 2.24) is 10.2 Å². The number of hydrogen-bond acceptors (Lipinski definition) is 4. The van der Waals surface area contributed by atoms with E-state index in [0.717, 1.165) is 10.5 Å². The number of likely N-dealkylation sites (N-methyl/N-ethyl adjacent to an activating group) is 1. The molecule has 112 valence electrons. The number of thiophene rings is 2. The van der Waals surface area contributed by atoms with E-state index >= 15 is 0 Å². The van der Waals surface area contributed by atoms with Gasteiger partial charge in [0.05, 0.1) is 6.04 Å². The van der Waals surface area contributed by atoms with Crippen LogP contribution in [-0.4, -0.2) is 31.4 Å². The molecule has 1 amide bonds. The molecule has 2 aromatic rings. The highest BCUT2D eigenvalue weighted by atomic mass is 32.1. The zero-order valence-corrected chi connectivity index (χ0v) is 14.1. The molecule has 0 spiro atoms. The maximum Gasteiger partial charge on any atom is 0.247 e. The van der Waals surface area contributed by atoms with Gasteiger partial charge in [-0.05, 0) is 50.0 Å². The molecule has 2 rings (SSSR count). The van der Waals surface area contributed by atoms with Crippen LogP contribution in [0.2, 0.25) is 0 Å². The molecular weight excluding hydrogens is 300 g/mol. The number of amides is 1. The highest BCUT2D eigenvalue weighted by Crippen LogP contribution is 2.22. The summed E-state index contributed by atoms with van der Waals surface area (Å²) in [5, 5.41) is 7.10. The fraction of sp³-hybridized carbons (Fsp3) is 0.312. The van der Waals surface area contributed by atoms with E-state index in [4.69, 9.17) is 0 Å². The van der Waals surface area contributed by atoms with Crippen LogP contribution in [0.1, 0.15) is 22.7 Å². The fourth-order valence-corrected chi connectivity index (χ4v) is 3.64. The number of nitrogens with zero attached hydrogens (tertiary/aromatic N) is 1. The molecule has 0 aliphatic carbocycles. The quantitative estimate of drug-likeness (QED) is 0.824. The van der Waals surface area contributed by atoms with E-state index in [1.807, 2.05) is 50.7 Å². The minimum absolute atomic E-state index is 0.00759. The maximum atomic E-state index is 12.2. The van der Waals surface area contributed by atoms with Crippen molar-refractivity contribution in [2.75, 3.05) is 20.6 Å². The monoisotopic (exact) mass is 320 g/mol. The Labute approximate surface area is 133 Å². The Morgan fingerprint density at radius 2 is 2.00 bits per heavy atom. The molecule has 0 aliphatic rings. The fourth-order valence-electron chi connectivity index (χ4n) is 2.00. The Balaban J connectivity index is 1.96. The summed E-state index contributed by atoms with van der Waals surface area (Å²) in [5.41, 5.74) is 0.737. The Hall–Kier alpha value is -1.43. The molecule has 0 bridgehead atoms. The molecule has 1 atom stereocenters. The molecule has 1 N–H and O–H groups in total. The predicted octanol–water partition coefficient (Wildman–Crippen LogP) is 3.63. The van der Waals surface area contributed by atoms with Crippen molar-refractivity contribution in [1.29, 1.82) is 0 Å². The molecular formula is C16H20N2OS2. The lowest BCUT2D eigenvalue weighted by Crippen LogP contribution is -2.34. The van der Waals surface area contributed by atoms with Gasteiger partial charge in [0.2, 0.25) is 5.91 Å². The van der Waals surface area contributed by atoms with Gasteiger partial charge in [-0.3, -0.25) is 4.79 Å². The highest BCUT2D eigenvalue weighted by molar-refractivity contribution is 7.10. The first-order valence-electron chi connectivity index (χ1n) is 6.77. The number of hydrogen-bond donors (Lipinski definition) is 1. The molecule has 3 nitrogen and oxygen atoms in total. The number of nitrogens with one attached hydrogen (secondary N) is 1. The van der Waals surface area contributed by atoms with Crippen LogP contribution in [0, 0.1) is 0 Å². The Kier molecular flexibility index (Phi) is 5.73. The van der Waals surface area contributed by atoms with Gasteiger partial charge in [-0.2, -0.15) is 0 Å². The molecule has 0 aromatic carbocycles. The van der Waals surface area contributed by atoms with Gasteiger partial charge in [-0.15, -0.1) is 22.7 Å². The van der Waals surface area contributed by atoms with Gasteiger partial charge < -0.3 is 10.2 Å². The molecule has 0 saturated carbocycles. The third kappa shape index (κ3) is 4.52. The smallest absolute Gasteiger partial charge is 0.247 e. The lowest BCUT2D eigenvalue weighted by Gasteiger charge is -2.23. The predicted molar refractivity (Wildman–Crippen MR) is 91.7 cm³/mol. The largest absolute Gasteiger partial charge is 0.350 e. The third-order valence-corrected chi connectivity index (χ3v) is 5.00. The Morgan fingerprint density at radius 3 is 2.57 bits per heavy atom. The number of rotatable bonds is 6. The van der Waals surface area contributed by atoms with Crippen molar-refractivity contribution >= 4 is 34.7 Å². The van der Waals surface area contributed by atoms with Crippen molar-refractivity contribution in [2.45, 2.75) is 13.0 Å². The van der Waals surface area contributed by atoms with E-state index in [9.17, 15) is 4.79 Å². The average Bonchev–Trinajstić information content (AvgIpc) is 3.11. The molecule has 21 heavy (non-hydrogen) atoms. The van der Waals surface area contributed by atoms with Crippen molar-refractivity contribution in [3.05, 3.63) is 50.4 Å². The van der Waals surface area contributed by atoms with Gasteiger partial charge in [0.25, 0.3) is 0 Å². The van der Waals surface area contributed by atoms with Crippen LogP contribution in [0.15, 0.2) is 40.6 Å². The number of carbonyl (C=O) groups is 1. The second-order valence-electron chi connectivity index (χ2n) is 5.05. The summed E-state index contributed by atoms with van der Waals surface area (Å²) >= 11 is 3.35. The van der Waals surface area contributed by atoms with Crippen LogP contribution >= 0.6 is 22.7 Å². The molecule has 0 radical (unpaired) electrons. The lowest BCUT2D eigenvalue weighted by molar-refractivity contribution is -0.117. The molecule has 0 fully saturated rings. The zero-order chi connectivity index (χ0) is 15.2. The van der Waals surface area contributed by atoms with Crippen molar-refractivity contribution in [2.24, 2.45) is 0 Å². The molecule has 0 saturated heterocycles. The summed E-state index contributed by atoms with van der Waals surface area (Å²) in [6, 6.07) is 8.36. The van der Waals surface area contributed by atoms with Gasteiger partial charge in [0.15, 0.2) is 0 Å². The van der Waals surface area contributed by atoms with Crippen LogP contribution in [-0.2, 0) is 4.79 Å². The number of carbonyl (C=O) groups excluding carboxylic acids is 1. The second-order valence-corrected chi connectivity index (χ2v) is 7.01. The summed E-state index contributed by atoms with van der Waals surface area (Å²) < 4.78 is 0. The third-order valence-electron chi connectivity index (χ3n) is 3.21. The van der Waals surface area contributed by atoms with Crippen molar-refractivity contribution in [3.8, 4) is 0 Å². The zero-order valence-electron chi connectivity index (χ0n) is 12.5. The molecule has 2 heterocycles. The second kappa shape index (κ2) is 7.54. The van der Waals surface area contributed by atoms with Crippen molar-refractivity contribution in [3.63, 3.8) is 0 Å². The van der Waals surface area contributed by atoms with E-state index in [-0.39, 0.29) is 11.9 Å². The molecule has 0 aliphatic heterocycles. The SMILES string of the molecule is C/C(=C\c1cccs1)C(=O)NCC(c1cccs1)N(C)C. The van der Waals surface area contributed by atoms with Crippen LogP contribution in [0.3, 0.4) is 0 Å². The Morgan fingerprint density at radius 1 is 1.29 bits per heavy atom. The topological polar surface area (TPSA) is 32.3 Å². The van der Waals surface area contributed by atoms with Gasteiger partial charge in [-0.1, -0.05) is 12.1 Å². The first kappa shape index (κ1) is 15.9. The van der Waals surface area contributed by atoms with E-state index in [0.29, 0.717) is 6.54 Å². The van der Waals surface area contributed by atoms with E-state index in [2.05, 4.69) is 21.7 Å². The summed E-state index contributed by atoms with van der Waals surface area (Å²) in [6.07, 6.45) is 1.93. The van der Waals surface area contributed by atoms with Crippen LogP contribution in [0.5, 0.6) is 0 Å². The summed E-state index contributed by atoms with van der Waals surface area (Å²) in [5.74, 6) is -0.00759. The van der Waals surface area contributed by atoms with E-state index < -0.39 is 0 Å². The van der Waals surface area contributed by atoms with Crippen LogP contribution in [0.4, 0.5) is 0 Å². The van der Waals surface area contributed by atoms with Gasteiger partial charge in [0.1, 0.15) is 0 Å². The summed E-state index contributed by atoms with van der Waals surface area (Å²) in [4.78, 5) is 16.7. The van der Waals surface area contributed by atoms with Gasteiger partial charge in [0, 0.05) is 21.9 Å². The molecule has 2 aromatic heterocycles.